The third-order valence-corrected chi connectivity index (χ3v) is 5.31. The largest absolute Gasteiger partial charge is 0.379 e. The molecule has 0 saturated carbocycles. The predicted octanol–water partition coefficient (Wildman–Crippen LogP) is 2.05. The van der Waals surface area contributed by atoms with Crippen LogP contribution in [0.25, 0.3) is 0 Å². The standard InChI is InChI=1S/C16H24N2O3S/c19-16(17-6-2-7-18-8-11-20-12-9-18)15-5-4-14(22-15)13-3-1-10-21-13/h4-5,13H,1-3,6-12H2,(H,17,19)/t13-/m0/s1. The van der Waals surface area contributed by atoms with Crippen LogP contribution in [-0.4, -0.2) is 56.8 Å². The van der Waals surface area contributed by atoms with Gasteiger partial charge in [0.25, 0.3) is 5.91 Å². The molecule has 0 unspecified atom stereocenters. The molecule has 0 aromatic carbocycles. The van der Waals surface area contributed by atoms with Crippen molar-refractivity contribution < 1.29 is 14.3 Å². The molecule has 5 nitrogen and oxygen atoms in total. The second-order valence-electron chi connectivity index (χ2n) is 5.77. The Bertz CT molecular complexity index is 479. The molecule has 0 bridgehead atoms. The van der Waals surface area contributed by atoms with Gasteiger partial charge in [-0.2, -0.15) is 0 Å². The van der Waals surface area contributed by atoms with Crippen LogP contribution in [0.5, 0.6) is 0 Å². The number of morpholine rings is 1. The molecule has 122 valence electrons. The summed E-state index contributed by atoms with van der Waals surface area (Å²) in [5.41, 5.74) is 0. The molecule has 3 rings (SSSR count). The molecule has 1 aromatic rings. The molecule has 22 heavy (non-hydrogen) atoms. The highest BCUT2D eigenvalue weighted by atomic mass is 32.1. The highest BCUT2D eigenvalue weighted by molar-refractivity contribution is 7.14. The van der Waals surface area contributed by atoms with E-state index in [0.717, 1.165) is 70.1 Å². The summed E-state index contributed by atoms with van der Waals surface area (Å²) in [6, 6.07) is 3.95. The molecule has 2 aliphatic rings. The number of thiophene rings is 1. The number of hydrogen-bond acceptors (Lipinski definition) is 5. The van der Waals surface area contributed by atoms with Gasteiger partial charge >= 0.3 is 0 Å². The minimum absolute atomic E-state index is 0.0382. The van der Waals surface area contributed by atoms with Crippen LogP contribution in [0.15, 0.2) is 12.1 Å². The summed E-state index contributed by atoms with van der Waals surface area (Å²) in [7, 11) is 0. The van der Waals surface area contributed by atoms with Crippen LogP contribution in [0.4, 0.5) is 0 Å². The summed E-state index contributed by atoms with van der Waals surface area (Å²) >= 11 is 1.56. The lowest BCUT2D eigenvalue weighted by Crippen LogP contribution is -2.38. The van der Waals surface area contributed by atoms with Crippen molar-refractivity contribution in [3.8, 4) is 0 Å². The number of nitrogens with zero attached hydrogens (tertiary/aromatic N) is 1. The van der Waals surface area contributed by atoms with E-state index in [4.69, 9.17) is 9.47 Å². The van der Waals surface area contributed by atoms with Crippen LogP contribution in [0, 0.1) is 0 Å². The molecule has 0 spiro atoms. The lowest BCUT2D eigenvalue weighted by Gasteiger charge is -2.26. The number of hydrogen-bond donors (Lipinski definition) is 1. The van der Waals surface area contributed by atoms with Crippen LogP contribution in [-0.2, 0) is 9.47 Å². The monoisotopic (exact) mass is 324 g/mol. The van der Waals surface area contributed by atoms with Crippen molar-refractivity contribution in [2.45, 2.75) is 25.4 Å². The van der Waals surface area contributed by atoms with Crippen LogP contribution < -0.4 is 5.32 Å². The minimum Gasteiger partial charge on any atom is -0.379 e. The average molecular weight is 324 g/mol. The number of rotatable bonds is 6. The van der Waals surface area contributed by atoms with Crippen LogP contribution in [0.1, 0.15) is 39.9 Å². The van der Waals surface area contributed by atoms with Crippen molar-refractivity contribution >= 4 is 17.2 Å². The Kier molecular flexibility index (Phi) is 5.83. The third kappa shape index (κ3) is 4.29. The Balaban J connectivity index is 1.38. The van der Waals surface area contributed by atoms with Crippen LogP contribution in [0.3, 0.4) is 0 Å². The summed E-state index contributed by atoms with van der Waals surface area (Å²) < 4.78 is 11.0. The van der Waals surface area contributed by atoms with E-state index < -0.39 is 0 Å². The first-order chi connectivity index (χ1) is 10.8. The van der Waals surface area contributed by atoms with Gasteiger partial charge in [-0.15, -0.1) is 11.3 Å². The van der Waals surface area contributed by atoms with Gasteiger partial charge in [0, 0.05) is 31.1 Å². The highest BCUT2D eigenvalue weighted by Gasteiger charge is 2.20. The van der Waals surface area contributed by atoms with Crippen molar-refractivity contribution in [3.63, 3.8) is 0 Å². The van der Waals surface area contributed by atoms with Gasteiger partial charge in [-0.3, -0.25) is 9.69 Å². The summed E-state index contributed by atoms with van der Waals surface area (Å²) in [4.78, 5) is 16.5. The van der Waals surface area contributed by atoms with Gasteiger partial charge in [-0.1, -0.05) is 0 Å². The first-order valence-corrected chi connectivity index (χ1v) is 8.94. The van der Waals surface area contributed by atoms with E-state index in [2.05, 4.69) is 10.2 Å². The highest BCUT2D eigenvalue weighted by Crippen LogP contribution is 2.33. The van der Waals surface area contributed by atoms with Crippen molar-refractivity contribution in [1.29, 1.82) is 0 Å². The van der Waals surface area contributed by atoms with Gasteiger partial charge in [0.15, 0.2) is 0 Å². The van der Waals surface area contributed by atoms with Gasteiger partial charge in [-0.05, 0) is 37.9 Å². The van der Waals surface area contributed by atoms with E-state index in [1.54, 1.807) is 11.3 Å². The fourth-order valence-corrected chi connectivity index (χ4v) is 3.87. The molecular formula is C16H24N2O3S. The van der Waals surface area contributed by atoms with E-state index in [9.17, 15) is 4.79 Å². The first kappa shape index (κ1) is 15.9. The van der Waals surface area contributed by atoms with Crippen molar-refractivity contribution in [3.05, 3.63) is 21.9 Å². The number of ether oxygens (including phenoxy) is 2. The Morgan fingerprint density at radius 1 is 1.32 bits per heavy atom. The first-order valence-electron chi connectivity index (χ1n) is 8.12. The zero-order chi connectivity index (χ0) is 15.2. The van der Waals surface area contributed by atoms with Crippen molar-refractivity contribution in [1.82, 2.24) is 10.2 Å². The van der Waals surface area contributed by atoms with E-state index in [1.807, 2.05) is 12.1 Å². The smallest absolute Gasteiger partial charge is 0.261 e. The molecule has 0 aliphatic carbocycles. The SMILES string of the molecule is O=C(NCCCN1CCOCC1)c1ccc([C@@H]2CCCO2)s1. The fourth-order valence-electron chi connectivity index (χ4n) is 2.87. The maximum absolute atomic E-state index is 12.1. The van der Waals surface area contributed by atoms with Gasteiger partial charge < -0.3 is 14.8 Å². The summed E-state index contributed by atoms with van der Waals surface area (Å²) in [6.45, 7) is 6.25. The predicted molar refractivity (Wildman–Crippen MR) is 86.5 cm³/mol. The second kappa shape index (κ2) is 8.06. The quantitative estimate of drug-likeness (QED) is 0.814. The maximum Gasteiger partial charge on any atom is 0.261 e. The zero-order valence-electron chi connectivity index (χ0n) is 12.9. The topological polar surface area (TPSA) is 50.8 Å². The Morgan fingerprint density at radius 2 is 2.18 bits per heavy atom. The lowest BCUT2D eigenvalue weighted by molar-refractivity contribution is 0.0374. The average Bonchev–Trinajstić information content (AvgIpc) is 3.22. The Hall–Kier alpha value is -0.950. The summed E-state index contributed by atoms with van der Waals surface area (Å²) in [6.07, 6.45) is 3.37. The van der Waals surface area contributed by atoms with Gasteiger partial charge in [-0.25, -0.2) is 0 Å². The second-order valence-corrected chi connectivity index (χ2v) is 6.88. The van der Waals surface area contributed by atoms with E-state index in [0.29, 0.717) is 0 Å². The van der Waals surface area contributed by atoms with E-state index >= 15 is 0 Å². The fraction of sp³-hybridized carbons (Fsp3) is 0.688. The van der Waals surface area contributed by atoms with Gasteiger partial charge in [0.2, 0.25) is 0 Å². The van der Waals surface area contributed by atoms with Crippen LogP contribution >= 0.6 is 11.3 Å². The van der Waals surface area contributed by atoms with Gasteiger partial charge in [0.1, 0.15) is 0 Å². The summed E-state index contributed by atoms with van der Waals surface area (Å²) in [5.74, 6) is 0.0382. The summed E-state index contributed by atoms with van der Waals surface area (Å²) in [5, 5.41) is 3.02. The minimum atomic E-state index is 0.0382. The van der Waals surface area contributed by atoms with Crippen molar-refractivity contribution in [2.75, 3.05) is 46.0 Å². The molecule has 2 aliphatic heterocycles. The Morgan fingerprint density at radius 3 is 2.95 bits per heavy atom. The van der Waals surface area contributed by atoms with Crippen LogP contribution in [0.2, 0.25) is 0 Å². The molecule has 6 heteroatoms. The number of carbonyl (C=O) groups is 1. The molecule has 1 atom stereocenters. The number of nitrogens with one attached hydrogen (secondary N) is 1. The normalized spacial score (nSPS) is 22.8. The Labute approximate surface area is 135 Å². The molecule has 2 fully saturated rings. The van der Waals surface area contributed by atoms with E-state index in [1.165, 1.54) is 4.88 Å². The lowest BCUT2D eigenvalue weighted by atomic mass is 10.2. The van der Waals surface area contributed by atoms with E-state index in [-0.39, 0.29) is 12.0 Å². The molecule has 1 amide bonds. The molecule has 1 aromatic heterocycles. The van der Waals surface area contributed by atoms with Gasteiger partial charge in [0.05, 0.1) is 24.2 Å². The molecule has 2 saturated heterocycles. The zero-order valence-corrected chi connectivity index (χ0v) is 13.7. The molecule has 1 N–H and O–H groups in total. The maximum atomic E-state index is 12.1. The van der Waals surface area contributed by atoms with Crippen molar-refractivity contribution in [2.24, 2.45) is 0 Å². The molecular weight excluding hydrogens is 300 g/mol. The number of carbonyl (C=O) groups excluding carboxylic acids is 1. The number of amides is 1. The third-order valence-electron chi connectivity index (χ3n) is 4.14. The molecule has 3 heterocycles. The molecule has 0 radical (unpaired) electrons.